The molecule has 23 heavy (non-hydrogen) atoms. The maximum absolute atomic E-state index is 12.0. The highest BCUT2D eigenvalue weighted by Gasteiger charge is 2.11. The summed E-state index contributed by atoms with van der Waals surface area (Å²) in [7, 11) is 0. The number of nitrogens with two attached hydrogens (primary N) is 1. The maximum atomic E-state index is 12.0. The summed E-state index contributed by atoms with van der Waals surface area (Å²) in [6, 6.07) is 5.46. The van der Waals surface area contributed by atoms with Gasteiger partial charge in [0.05, 0.1) is 0 Å². The molecular weight excluding hydrogens is 290 g/mol. The molecule has 0 radical (unpaired) electrons. The molecule has 1 aromatic carbocycles. The van der Waals surface area contributed by atoms with Crippen LogP contribution in [0.2, 0.25) is 0 Å². The number of aryl methyl sites for hydroxylation is 1. The average molecular weight is 319 g/mol. The van der Waals surface area contributed by atoms with E-state index in [1.807, 2.05) is 26.8 Å². The average Bonchev–Trinajstić information content (AvgIpc) is 2.46. The van der Waals surface area contributed by atoms with Gasteiger partial charge in [0.2, 0.25) is 5.91 Å². The van der Waals surface area contributed by atoms with Gasteiger partial charge in [-0.25, -0.2) is 0 Å². The van der Waals surface area contributed by atoms with Crippen molar-refractivity contribution >= 4 is 17.5 Å². The van der Waals surface area contributed by atoms with Gasteiger partial charge in [0.1, 0.15) is 0 Å². The van der Waals surface area contributed by atoms with Crippen molar-refractivity contribution in [2.24, 2.45) is 5.73 Å². The lowest BCUT2D eigenvalue weighted by molar-refractivity contribution is -0.116. The molecular formula is C18H29N3O2. The van der Waals surface area contributed by atoms with Crippen LogP contribution in [-0.4, -0.2) is 24.4 Å². The Morgan fingerprint density at radius 2 is 1.83 bits per heavy atom. The summed E-state index contributed by atoms with van der Waals surface area (Å²) in [6.07, 6.45) is 4.50. The minimum absolute atomic E-state index is 0.0107. The Kier molecular flexibility index (Phi) is 8.33. The van der Waals surface area contributed by atoms with E-state index in [0.717, 1.165) is 36.9 Å². The highest BCUT2D eigenvalue weighted by Crippen LogP contribution is 2.16. The lowest BCUT2D eigenvalue weighted by Gasteiger charge is -2.12. The number of rotatable bonds is 9. The van der Waals surface area contributed by atoms with Crippen LogP contribution in [0.15, 0.2) is 18.2 Å². The molecule has 2 amide bonds. The van der Waals surface area contributed by atoms with Crippen molar-refractivity contribution in [3.05, 3.63) is 29.3 Å². The van der Waals surface area contributed by atoms with Crippen molar-refractivity contribution in [2.45, 2.75) is 58.9 Å². The molecule has 0 heterocycles. The molecule has 1 rings (SSSR count). The van der Waals surface area contributed by atoms with Crippen LogP contribution < -0.4 is 16.4 Å². The number of carbonyl (C=O) groups excluding carboxylic acids is 2. The van der Waals surface area contributed by atoms with Crippen LogP contribution in [-0.2, 0) is 4.79 Å². The first-order valence-electron chi connectivity index (χ1n) is 8.35. The first-order chi connectivity index (χ1) is 10.9. The molecule has 128 valence electrons. The number of amides is 2. The monoisotopic (exact) mass is 319 g/mol. The fourth-order valence-electron chi connectivity index (χ4n) is 2.34. The van der Waals surface area contributed by atoms with E-state index in [1.54, 1.807) is 12.1 Å². The number of hydrogen-bond acceptors (Lipinski definition) is 3. The van der Waals surface area contributed by atoms with Gasteiger partial charge in [-0.2, -0.15) is 0 Å². The molecule has 0 aliphatic carbocycles. The van der Waals surface area contributed by atoms with Gasteiger partial charge < -0.3 is 16.4 Å². The Morgan fingerprint density at radius 3 is 2.43 bits per heavy atom. The summed E-state index contributed by atoms with van der Waals surface area (Å²) >= 11 is 0. The predicted molar refractivity (Wildman–Crippen MR) is 94.6 cm³/mol. The summed E-state index contributed by atoms with van der Waals surface area (Å²) in [6.45, 7) is 6.44. The minimum atomic E-state index is -0.0877. The molecule has 0 unspecified atom stereocenters. The third kappa shape index (κ3) is 7.28. The van der Waals surface area contributed by atoms with Crippen molar-refractivity contribution in [1.82, 2.24) is 5.32 Å². The van der Waals surface area contributed by atoms with Crippen molar-refractivity contribution in [3.8, 4) is 0 Å². The Balaban J connectivity index is 2.50. The summed E-state index contributed by atoms with van der Waals surface area (Å²) in [5.41, 5.74) is 7.66. The van der Waals surface area contributed by atoms with E-state index >= 15 is 0 Å². The lowest BCUT2D eigenvalue weighted by atomic mass is 10.1. The molecule has 5 heteroatoms. The highest BCUT2D eigenvalue weighted by atomic mass is 16.2. The Morgan fingerprint density at radius 1 is 1.13 bits per heavy atom. The highest BCUT2D eigenvalue weighted by molar-refractivity contribution is 5.97. The molecule has 0 spiro atoms. The second-order valence-electron chi connectivity index (χ2n) is 6.16. The van der Waals surface area contributed by atoms with Gasteiger partial charge in [-0.05, 0) is 63.9 Å². The van der Waals surface area contributed by atoms with Crippen molar-refractivity contribution in [3.63, 3.8) is 0 Å². The largest absolute Gasteiger partial charge is 0.350 e. The van der Waals surface area contributed by atoms with Gasteiger partial charge in [0.25, 0.3) is 5.91 Å². The van der Waals surface area contributed by atoms with Crippen molar-refractivity contribution in [1.29, 1.82) is 0 Å². The Labute approximate surface area is 139 Å². The second kappa shape index (κ2) is 10.0. The third-order valence-electron chi connectivity index (χ3n) is 3.53. The zero-order chi connectivity index (χ0) is 17.2. The molecule has 1 aromatic rings. The minimum Gasteiger partial charge on any atom is -0.350 e. The van der Waals surface area contributed by atoms with Gasteiger partial charge in [-0.1, -0.05) is 12.8 Å². The van der Waals surface area contributed by atoms with Crippen LogP contribution in [0.5, 0.6) is 0 Å². The molecule has 0 fully saturated rings. The van der Waals surface area contributed by atoms with E-state index < -0.39 is 0 Å². The molecule has 0 atom stereocenters. The maximum Gasteiger partial charge on any atom is 0.251 e. The molecule has 0 aromatic heterocycles. The first-order valence-corrected chi connectivity index (χ1v) is 8.35. The lowest BCUT2D eigenvalue weighted by Crippen LogP contribution is -2.30. The summed E-state index contributed by atoms with van der Waals surface area (Å²) in [4.78, 5) is 23.9. The number of benzene rings is 1. The summed E-state index contributed by atoms with van der Waals surface area (Å²) < 4.78 is 0. The van der Waals surface area contributed by atoms with E-state index in [1.165, 1.54) is 0 Å². The van der Waals surface area contributed by atoms with Crippen LogP contribution >= 0.6 is 0 Å². The number of unbranched alkanes of at least 4 members (excludes halogenated alkanes) is 3. The number of hydrogen-bond donors (Lipinski definition) is 3. The molecule has 5 nitrogen and oxygen atoms in total. The van der Waals surface area contributed by atoms with Gasteiger partial charge in [0.15, 0.2) is 0 Å². The van der Waals surface area contributed by atoms with Crippen molar-refractivity contribution in [2.75, 3.05) is 11.9 Å². The number of anilines is 1. The number of nitrogens with one attached hydrogen (secondary N) is 2. The normalized spacial score (nSPS) is 10.7. The zero-order valence-electron chi connectivity index (χ0n) is 14.4. The zero-order valence-corrected chi connectivity index (χ0v) is 14.4. The van der Waals surface area contributed by atoms with Crippen molar-refractivity contribution < 1.29 is 9.59 Å². The fourth-order valence-corrected chi connectivity index (χ4v) is 2.34. The SMILES string of the molecule is Cc1cc(NC(=O)CCCCCCN)ccc1C(=O)NC(C)C. The number of carbonyl (C=O) groups is 2. The predicted octanol–water partition coefficient (Wildman–Crippen LogP) is 2.98. The smallest absolute Gasteiger partial charge is 0.251 e. The van der Waals surface area contributed by atoms with E-state index in [9.17, 15) is 9.59 Å². The van der Waals surface area contributed by atoms with Crippen LogP contribution in [0.4, 0.5) is 5.69 Å². The molecule has 0 aliphatic heterocycles. The molecule has 0 aliphatic rings. The Hall–Kier alpha value is -1.88. The van der Waals surface area contributed by atoms with E-state index in [0.29, 0.717) is 18.5 Å². The van der Waals surface area contributed by atoms with E-state index in [2.05, 4.69) is 10.6 Å². The van der Waals surface area contributed by atoms with E-state index in [-0.39, 0.29) is 17.9 Å². The second-order valence-corrected chi connectivity index (χ2v) is 6.16. The van der Waals surface area contributed by atoms with Gasteiger partial charge in [0, 0.05) is 23.7 Å². The molecule has 0 saturated carbocycles. The van der Waals surface area contributed by atoms with Gasteiger partial charge in [-0.3, -0.25) is 9.59 Å². The fraction of sp³-hybridized carbons (Fsp3) is 0.556. The third-order valence-corrected chi connectivity index (χ3v) is 3.53. The quantitative estimate of drug-likeness (QED) is 0.612. The first kappa shape index (κ1) is 19.2. The van der Waals surface area contributed by atoms with E-state index in [4.69, 9.17) is 5.73 Å². The molecule has 4 N–H and O–H groups in total. The summed E-state index contributed by atoms with van der Waals surface area (Å²) in [5.74, 6) is -0.0770. The van der Waals surface area contributed by atoms with Gasteiger partial charge in [-0.15, -0.1) is 0 Å². The molecule has 0 bridgehead atoms. The standard InChI is InChI=1S/C18H29N3O2/c1-13(2)20-18(23)16-10-9-15(12-14(16)3)21-17(22)8-6-4-5-7-11-19/h9-10,12-13H,4-8,11,19H2,1-3H3,(H,20,23)(H,21,22). The van der Waals surface area contributed by atoms with Gasteiger partial charge >= 0.3 is 0 Å². The molecule has 0 saturated heterocycles. The van der Waals surface area contributed by atoms with Crippen LogP contribution in [0.3, 0.4) is 0 Å². The topological polar surface area (TPSA) is 84.2 Å². The van der Waals surface area contributed by atoms with Crippen LogP contribution in [0.1, 0.15) is 61.9 Å². The van der Waals surface area contributed by atoms with Crippen LogP contribution in [0, 0.1) is 6.92 Å². The Bertz CT molecular complexity index is 527. The summed E-state index contributed by atoms with van der Waals surface area (Å²) in [5, 5.41) is 5.75. The van der Waals surface area contributed by atoms with Crippen LogP contribution in [0.25, 0.3) is 0 Å².